The molecule has 4 rings (SSSR count). The van der Waals surface area contributed by atoms with Gasteiger partial charge in [-0.25, -0.2) is 4.68 Å². The highest BCUT2D eigenvalue weighted by Gasteiger charge is 2.17. The Morgan fingerprint density at radius 1 is 0.973 bits per heavy atom. The SMILES string of the molecule is COc1cc(O)c(C(=O)/C=C/c2ccc(OCc3cn(-c4ccc(Cl)cc4)nn3)c(OC)c2)c(OC)c1. The number of halogens is 1. The maximum absolute atomic E-state index is 12.8. The van der Waals surface area contributed by atoms with Crippen LogP contribution < -0.4 is 18.9 Å². The van der Waals surface area contributed by atoms with Crippen molar-refractivity contribution in [2.24, 2.45) is 0 Å². The third-order valence-corrected chi connectivity index (χ3v) is 5.63. The highest BCUT2D eigenvalue weighted by atomic mass is 35.5. The summed E-state index contributed by atoms with van der Waals surface area (Å²) in [4.78, 5) is 12.8. The summed E-state index contributed by atoms with van der Waals surface area (Å²) in [5, 5.41) is 19.2. The summed E-state index contributed by atoms with van der Waals surface area (Å²) >= 11 is 5.94. The van der Waals surface area contributed by atoms with E-state index in [0.29, 0.717) is 33.5 Å². The van der Waals surface area contributed by atoms with Crippen molar-refractivity contribution in [2.45, 2.75) is 6.61 Å². The Balaban J connectivity index is 1.45. The van der Waals surface area contributed by atoms with Crippen molar-refractivity contribution in [3.63, 3.8) is 0 Å². The van der Waals surface area contributed by atoms with E-state index in [1.165, 1.54) is 39.5 Å². The number of allylic oxidation sites excluding steroid dienone is 1. The number of nitrogens with zero attached hydrogens (tertiary/aromatic N) is 3. The van der Waals surface area contributed by atoms with E-state index in [1.807, 2.05) is 12.1 Å². The summed E-state index contributed by atoms with van der Waals surface area (Å²) in [6.45, 7) is 0.175. The number of hydrogen-bond donors (Lipinski definition) is 1. The molecular formula is C27H24ClN3O6. The largest absolute Gasteiger partial charge is 0.507 e. The fourth-order valence-electron chi connectivity index (χ4n) is 3.50. The van der Waals surface area contributed by atoms with Gasteiger partial charge < -0.3 is 24.1 Å². The summed E-state index contributed by atoms with van der Waals surface area (Å²) in [7, 11) is 4.40. The Morgan fingerprint density at radius 3 is 2.43 bits per heavy atom. The lowest BCUT2D eigenvalue weighted by molar-refractivity contribution is 0.104. The first-order valence-corrected chi connectivity index (χ1v) is 11.4. The zero-order valence-electron chi connectivity index (χ0n) is 20.3. The molecule has 0 radical (unpaired) electrons. The van der Waals surface area contributed by atoms with Gasteiger partial charge in [0, 0.05) is 17.2 Å². The lowest BCUT2D eigenvalue weighted by atomic mass is 10.1. The van der Waals surface area contributed by atoms with Gasteiger partial charge in [0.2, 0.25) is 0 Å². The van der Waals surface area contributed by atoms with Crippen molar-refractivity contribution in [1.82, 2.24) is 15.0 Å². The van der Waals surface area contributed by atoms with Gasteiger partial charge >= 0.3 is 0 Å². The van der Waals surface area contributed by atoms with Crippen LogP contribution in [0.15, 0.2) is 66.9 Å². The van der Waals surface area contributed by atoms with Gasteiger partial charge in [0.25, 0.3) is 0 Å². The van der Waals surface area contributed by atoms with E-state index in [2.05, 4.69) is 10.3 Å². The highest BCUT2D eigenvalue weighted by Crippen LogP contribution is 2.34. The van der Waals surface area contributed by atoms with Crippen molar-refractivity contribution < 1.29 is 28.8 Å². The number of ketones is 1. The van der Waals surface area contributed by atoms with Crippen LogP contribution in [0.5, 0.6) is 28.7 Å². The van der Waals surface area contributed by atoms with Crippen LogP contribution in [0.4, 0.5) is 0 Å². The lowest BCUT2D eigenvalue weighted by Crippen LogP contribution is -2.01. The fraction of sp³-hybridized carbons (Fsp3) is 0.148. The second-order valence-corrected chi connectivity index (χ2v) is 8.19. The molecule has 1 N–H and O–H groups in total. The van der Waals surface area contributed by atoms with Crippen molar-refractivity contribution in [1.29, 1.82) is 0 Å². The molecule has 10 heteroatoms. The molecule has 4 aromatic rings. The first-order valence-electron chi connectivity index (χ1n) is 11.1. The number of carbonyl (C=O) groups is 1. The molecule has 0 unspecified atom stereocenters. The van der Waals surface area contributed by atoms with Crippen LogP contribution in [0.3, 0.4) is 0 Å². The van der Waals surface area contributed by atoms with Gasteiger partial charge in [0.1, 0.15) is 35.1 Å². The maximum atomic E-state index is 12.8. The Kier molecular flexibility index (Phi) is 7.95. The van der Waals surface area contributed by atoms with Crippen molar-refractivity contribution >= 4 is 23.5 Å². The summed E-state index contributed by atoms with van der Waals surface area (Å²) in [6, 6.07) is 15.4. The van der Waals surface area contributed by atoms with E-state index < -0.39 is 5.78 Å². The number of rotatable bonds is 10. The molecule has 0 spiro atoms. The molecule has 37 heavy (non-hydrogen) atoms. The number of aromatic nitrogens is 3. The van der Waals surface area contributed by atoms with Crippen LogP contribution >= 0.6 is 11.6 Å². The minimum Gasteiger partial charge on any atom is -0.507 e. The molecule has 9 nitrogen and oxygen atoms in total. The summed E-state index contributed by atoms with van der Waals surface area (Å²) in [5.41, 5.74) is 2.18. The maximum Gasteiger partial charge on any atom is 0.193 e. The average molecular weight is 522 g/mol. The number of hydrogen-bond acceptors (Lipinski definition) is 8. The minimum absolute atomic E-state index is 0.0399. The number of carbonyl (C=O) groups excluding carboxylic acids is 1. The van der Waals surface area contributed by atoms with Crippen LogP contribution in [-0.4, -0.2) is 47.2 Å². The molecule has 190 valence electrons. The van der Waals surface area contributed by atoms with Gasteiger partial charge in [-0.05, 0) is 48.0 Å². The van der Waals surface area contributed by atoms with Gasteiger partial charge in [-0.1, -0.05) is 29.0 Å². The smallest absolute Gasteiger partial charge is 0.193 e. The van der Waals surface area contributed by atoms with Crippen LogP contribution in [0, 0.1) is 0 Å². The number of methoxy groups -OCH3 is 3. The molecule has 0 saturated heterocycles. The molecule has 0 aliphatic rings. The van der Waals surface area contributed by atoms with E-state index >= 15 is 0 Å². The number of ether oxygens (including phenoxy) is 4. The Labute approximate surface area is 218 Å². The van der Waals surface area contributed by atoms with Gasteiger partial charge in [-0.2, -0.15) is 0 Å². The standard InChI is InChI=1S/C27H24ClN3O6/c1-34-21-13-23(33)27(26(14-21)36-3)22(32)10-4-17-5-11-24(25(12-17)35-2)37-16-19-15-31(30-29-19)20-8-6-18(28)7-9-20/h4-15,33H,16H2,1-3H3/b10-4+. The first-order chi connectivity index (χ1) is 17.9. The molecule has 1 aromatic heterocycles. The van der Waals surface area contributed by atoms with Gasteiger partial charge in [0.05, 0.1) is 33.2 Å². The predicted octanol–water partition coefficient (Wildman–Crippen LogP) is 5.13. The van der Waals surface area contributed by atoms with Gasteiger partial charge in [-0.3, -0.25) is 4.79 Å². The molecule has 0 amide bonds. The Morgan fingerprint density at radius 2 is 1.73 bits per heavy atom. The molecule has 0 saturated carbocycles. The minimum atomic E-state index is -0.430. The Bertz CT molecular complexity index is 1430. The van der Waals surface area contributed by atoms with E-state index in [4.69, 9.17) is 30.5 Å². The van der Waals surface area contributed by atoms with Crippen molar-refractivity contribution in [3.8, 4) is 34.4 Å². The molecule has 0 fully saturated rings. The third-order valence-electron chi connectivity index (χ3n) is 5.38. The Hall–Kier alpha value is -4.50. The molecule has 3 aromatic carbocycles. The molecule has 0 atom stereocenters. The van der Waals surface area contributed by atoms with E-state index in [9.17, 15) is 9.90 Å². The highest BCUT2D eigenvalue weighted by molar-refractivity contribution is 6.30. The summed E-state index contributed by atoms with van der Waals surface area (Å²) in [5.74, 6) is 0.898. The summed E-state index contributed by atoms with van der Waals surface area (Å²) < 4.78 is 23.3. The van der Waals surface area contributed by atoms with Gasteiger partial charge in [-0.15, -0.1) is 5.10 Å². The second kappa shape index (κ2) is 11.5. The van der Waals surface area contributed by atoms with Crippen LogP contribution in [0.2, 0.25) is 5.02 Å². The van der Waals surface area contributed by atoms with Crippen molar-refractivity contribution in [3.05, 3.63) is 88.7 Å². The number of phenols is 1. The fourth-order valence-corrected chi connectivity index (χ4v) is 3.63. The van der Waals surface area contributed by atoms with Gasteiger partial charge in [0.15, 0.2) is 17.3 Å². The van der Waals surface area contributed by atoms with Crippen LogP contribution in [0.25, 0.3) is 11.8 Å². The molecule has 1 heterocycles. The lowest BCUT2D eigenvalue weighted by Gasteiger charge is -2.11. The normalized spacial score (nSPS) is 10.9. The number of aromatic hydroxyl groups is 1. The topological polar surface area (TPSA) is 105 Å². The number of phenolic OH excluding ortho intramolecular Hbond substituents is 1. The molecule has 0 aliphatic heterocycles. The number of benzene rings is 3. The summed E-state index contributed by atoms with van der Waals surface area (Å²) in [6.07, 6.45) is 4.71. The van der Waals surface area contributed by atoms with Crippen LogP contribution in [-0.2, 0) is 6.61 Å². The van der Waals surface area contributed by atoms with E-state index in [-0.39, 0.29) is 23.7 Å². The first kappa shape index (κ1) is 25.6. The van der Waals surface area contributed by atoms with Crippen molar-refractivity contribution in [2.75, 3.05) is 21.3 Å². The van der Waals surface area contributed by atoms with Crippen LogP contribution in [0.1, 0.15) is 21.6 Å². The average Bonchev–Trinajstić information content (AvgIpc) is 3.39. The zero-order valence-corrected chi connectivity index (χ0v) is 21.1. The second-order valence-electron chi connectivity index (χ2n) is 7.75. The third kappa shape index (κ3) is 6.02. The van der Waals surface area contributed by atoms with E-state index in [0.717, 1.165) is 5.69 Å². The zero-order chi connectivity index (χ0) is 26.4. The predicted molar refractivity (Wildman–Crippen MR) is 138 cm³/mol. The molecule has 0 bridgehead atoms. The monoisotopic (exact) mass is 521 g/mol. The van der Waals surface area contributed by atoms with E-state index in [1.54, 1.807) is 47.3 Å². The molecular weight excluding hydrogens is 498 g/mol. The quantitative estimate of drug-likeness (QED) is 0.226. The molecule has 0 aliphatic carbocycles.